The number of rotatable bonds is 8. The van der Waals surface area contributed by atoms with E-state index in [9.17, 15) is 14.7 Å². The highest BCUT2D eigenvalue weighted by Gasteiger charge is 2.13. The van der Waals surface area contributed by atoms with Gasteiger partial charge in [-0.2, -0.15) is 0 Å². The van der Waals surface area contributed by atoms with Gasteiger partial charge in [-0.3, -0.25) is 4.79 Å². The standard InChI is InChI=1S/C25H27N3O3/c1-17(19-9-8-18-6-4-5-7-20(18)15-19)14-24(29)27-23-16-21(26-12-13-28(2)3)10-11-22(23)25(30)31/h4-11,14-16,26H,12-13H2,1-3H3,(H,27,29)(H,30,31). The first-order chi connectivity index (χ1) is 14.8. The van der Waals surface area contributed by atoms with E-state index < -0.39 is 5.97 Å². The molecule has 0 aliphatic heterocycles. The fourth-order valence-corrected chi connectivity index (χ4v) is 3.25. The minimum atomic E-state index is -1.09. The first-order valence-electron chi connectivity index (χ1n) is 10.1. The highest BCUT2D eigenvalue weighted by atomic mass is 16.4. The van der Waals surface area contributed by atoms with Gasteiger partial charge in [0.2, 0.25) is 5.91 Å². The summed E-state index contributed by atoms with van der Waals surface area (Å²) in [6.07, 6.45) is 1.49. The molecule has 1 amide bonds. The summed E-state index contributed by atoms with van der Waals surface area (Å²) in [5.74, 6) is -1.47. The van der Waals surface area contributed by atoms with Gasteiger partial charge < -0.3 is 20.6 Å². The van der Waals surface area contributed by atoms with Crippen LogP contribution in [-0.2, 0) is 4.79 Å². The summed E-state index contributed by atoms with van der Waals surface area (Å²) in [5, 5.41) is 17.7. The molecule has 0 spiro atoms. The molecule has 160 valence electrons. The fraction of sp³-hybridized carbons (Fsp3) is 0.200. The number of carbonyl (C=O) groups is 2. The van der Waals surface area contributed by atoms with Crippen molar-refractivity contribution in [1.29, 1.82) is 0 Å². The second-order valence-electron chi connectivity index (χ2n) is 7.67. The Kier molecular flexibility index (Phi) is 7.05. The van der Waals surface area contributed by atoms with Crippen molar-refractivity contribution in [2.75, 3.05) is 37.8 Å². The summed E-state index contributed by atoms with van der Waals surface area (Å²) in [6.45, 7) is 3.39. The number of carboxylic acid groups (broad SMARTS) is 1. The monoisotopic (exact) mass is 417 g/mol. The molecule has 6 nitrogen and oxygen atoms in total. The summed E-state index contributed by atoms with van der Waals surface area (Å²) in [6, 6.07) is 18.9. The van der Waals surface area contributed by atoms with Gasteiger partial charge in [0.1, 0.15) is 0 Å². The SMILES string of the molecule is CC(=CC(=O)Nc1cc(NCCN(C)C)ccc1C(=O)O)c1ccc2ccccc2c1. The quantitative estimate of drug-likeness (QED) is 0.468. The van der Waals surface area contributed by atoms with Crippen LogP contribution in [0.25, 0.3) is 16.3 Å². The van der Waals surface area contributed by atoms with Crippen molar-refractivity contribution in [3.8, 4) is 0 Å². The number of carboxylic acids is 1. The van der Waals surface area contributed by atoms with Crippen molar-refractivity contribution in [1.82, 2.24) is 4.90 Å². The Morgan fingerprint density at radius 3 is 2.45 bits per heavy atom. The van der Waals surface area contributed by atoms with Crippen LogP contribution >= 0.6 is 0 Å². The van der Waals surface area contributed by atoms with Crippen LogP contribution in [0.15, 0.2) is 66.7 Å². The third-order valence-corrected chi connectivity index (χ3v) is 4.95. The molecule has 0 heterocycles. The van der Waals surface area contributed by atoms with Crippen molar-refractivity contribution in [3.63, 3.8) is 0 Å². The van der Waals surface area contributed by atoms with E-state index in [4.69, 9.17) is 0 Å². The van der Waals surface area contributed by atoms with Gasteiger partial charge in [-0.1, -0.05) is 36.4 Å². The van der Waals surface area contributed by atoms with Crippen molar-refractivity contribution < 1.29 is 14.7 Å². The lowest BCUT2D eigenvalue weighted by Gasteiger charge is -2.14. The molecule has 0 aliphatic carbocycles. The van der Waals surface area contributed by atoms with E-state index in [-0.39, 0.29) is 17.2 Å². The third kappa shape index (κ3) is 5.93. The predicted octanol–water partition coefficient (Wildman–Crippen LogP) is 4.55. The minimum Gasteiger partial charge on any atom is -0.478 e. The lowest BCUT2D eigenvalue weighted by molar-refractivity contribution is -0.111. The summed E-state index contributed by atoms with van der Waals surface area (Å²) in [4.78, 5) is 26.3. The van der Waals surface area contributed by atoms with Crippen LogP contribution in [0.5, 0.6) is 0 Å². The molecule has 3 aromatic rings. The number of aromatic carboxylic acids is 1. The van der Waals surface area contributed by atoms with E-state index in [1.165, 1.54) is 12.1 Å². The Bertz CT molecular complexity index is 1140. The Hall–Kier alpha value is -3.64. The lowest BCUT2D eigenvalue weighted by Crippen LogP contribution is -2.21. The summed E-state index contributed by atoms with van der Waals surface area (Å²) in [7, 11) is 3.95. The van der Waals surface area contributed by atoms with Gasteiger partial charge in [-0.15, -0.1) is 0 Å². The van der Waals surface area contributed by atoms with Crippen LogP contribution < -0.4 is 10.6 Å². The number of nitrogens with one attached hydrogen (secondary N) is 2. The van der Waals surface area contributed by atoms with Gasteiger partial charge in [0, 0.05) is 24.9 Å². The zero-order chi connectivity index (χ0) is 22.4. The van der Waals surface area contributed by atoms with E-state index in [1.807, 2.05) is 68.4 Å². The largest absolute Gasteiger partial charge is 0.478 e. The highest BCUT2D eigenvalue weighted by Crippen LogP contribution is 2.23. The molecule has 0 fully saturated rings. The molecule has 0 bridgehead atoms. The number of hydrogen-bond donors (Lipinski definition) is 3. The van der Waals surface area contributed by atoms with Crippen molar-refractivity contribution >= 4 is 39.6 Å². The van der Waals surface area contributed by atoms with Crippen molar-refractivity contribution in [2.24, 2.45) is 0 Å². The Morgan fingerprint density at radius 2 is 1.74 bits per heavy atom. The molecule has 3 aromatic carbocycles. The zero-order valence-electron chi connectivity index (χ0n) is 18.0. The number of carbonyl (C=O) groups excluding carboxylic acids is 1. The maximum Gasteiger partial charge on any atom is 0.337 e. The summed E-state index contributed by atoms with van der Waals surface area (Å²) in [5.41, 5.74) is 2.78. The Labute approximate surface area is 182 Å². The van der Waals surface area contributed by atoms with Crippen LogP contribution in [0.3, 0.4) is 0 Å². The highest BCUT2D eigenvalue weighted by molar-refractivity contribution is 6.08. The normalized spacial score (nSPS) is 11.5. The molecule has 3 rings (SSSR count). The first kappa shape index (κ1) is 22.1. The second-order valence-corrected chi connectivity index (χ2v) is 7.67. The molecular formula is C25H27N3O3. The fourth-order valence-electron chi connectivity index (χ4n) is 3.25. The van der Waals surface area contributed by atoms with E-state index in [1.54, 1.807) is 12.1 Å². The van der Waals surface area contributed by atoms with Gasteiger partial charge in [-0.05, 0) is 67.2 Å². The summed E-state index contributed by atoms with van der Waals surface area (Å²) < 4.78 is 0. The predicted molar refractivity (Wildman–Crippen MR) is 127 cm³/mol. The topological polar surface area (TPSA) is 81.7 Å². The van der Waals surface area contributed by atoms with Gasteiger partial charge in [0.15, 0.2) is 0 Å². The lowest BCUT2D eigenvalue weighted by atomic mass is 10.0. The van der Waals surface area contributed by atoms with Crippen LogP contribution in [0.2, 0.25) is 0 Å². The number of benzene rings is 3. The number of nitrogens with zero attached hydrogens (tertiary/aromatic N) is 1. The number of likely N-dealkylation sites (N-methyl/N-ethyl adjacent to an activating group) is 1. The molecule has 0 saturated heterocycles. The molecule has 31 heavy (non-hydrogen) atoms. The first-order valence-corrected chi connectivity index (χ1v) is 10.1. The number of hydrogen-bond acceptors (Lipinski definition) is 4. The average molecular weight is 418 g/mol. The van der Waals surface area contributed by atoms with E-state index in [2.05, 4.69) is 10.6 Å². The van der Waals surface area contributed by atoms with E-state index in [0.29, 0.717) is 6.54 Å². The maximum absolute atomic E-state index is 12.6. The number of amides is 1. The number of anilines is 2. The molecule has 0 aromatic heterocycles. The minimum absolute atomic E-state index is 0.0447. The molecule has 3 N–H and O–H groups in total. The van der Waals surface area contributed by atoms with Crippen LogP contribution in [0.4, 0.5) is 11.4 Å². The molecular weight excluding hydrogens is 390 g/mol. The molecule has 0 radical (unpaired) electrons. The zero-order valence-corrected chi connectivity index (χ0v) is 18.0. The van der Waals surface area contributed by atoms with Gasteiger partial charge in [0.05, 0.1) is 11.3 Å². The van der Waals surface area contributed by atoms with E-state index in [0.717, 1.165) is 34.1 Å². The molecule has 0 saturated carbocycles. The Morgan fingerprint density at radius 1 is 1.00 bits per heavy atom. The molecule has 0 unspecified atom stereocenters. The van der Waals surface area contributed by atoms with Crippen molar-refractivity contribution in [2.45, 2.75) is 6.92 Å². The van der Waals surface area contributed by atoms with Crippen molar-refractivity contribution in [3.05, 3.63) is 77.9 Å². The van der Waals surface area contributed by atoms with E-state index >= 15 is 0 Å². The number of fused-ring (bicyclic) bond motifs is 1. The van der Waals surface area contributed by atoms with Crippen LogP contribution in [0, 0.1) is 0 Å². The molecule has 6 heteroatoms. The number of allylic oxidation sites excluding steroid dienone is 1. The second kappa shape index (κ2) is 9.91. The third-order valence-electron chi connectivity index (χ3n) is 4.95. The maximum atomic E-state index is 12.6. The van der Waals surface area contributed by atoms with Gasteiger partial charge in [-0.25, -0.2) is 4.79 Å². The summed E-state index contributed by atoms with van der Waals surface area (Å²) >= 11 is 0. The molecule has 0 atom stereocenters. The van der Waals surface area contributed by atoms with Crippen LogP contribution in [0.1, 0.15) is 22.8 Å². The smallest absolute Gasteiger partial charge is 0.337 e. The molecule has 0 aliphatic rings. The average Bonchev–Trinajstić information content (AvgIpc) is 2.73. The van der Waals surface area contributed by atoms with Gasteiger partial charge in [0.25, 0.3) is 0 Å². The van der Waals surface area contributed by atoms with Gasteiger partial charge >= 0.3 is 5.97 Å². The van der Waals surface area contributed by atoms with Crippen LogP contribution in [-0.4, -0.2) is 49.1 Å². The Balaban J connectivity index is 1.79.